The molecule has 1 heterocycles. The molecule has 3 rings (SSSR count). The maximum atomic E-state index is 13.4. The van der Waals surface area contributed by atoms with Crippen molar-refractivity contribution >= 4 is 17.7 Å². The lowest BCUT2D eigenvalue weighted by Gasteiger charge is -2.24. The lowest BCUT2D eigenvalue weighted by molar-refractivity contribution is 0.0760. The van der Waals surface area contributed by atoms with Gasteiger partial charge in [0.1, 0.15) is 11.2 Å². The Bertz CT molecular complexity index is 617. The number of hydrogen-bond donors (Lipinski definition) is 0. The quantitative estimate of drug-likeness (QED) is 0.839. The molecule has 0 spiro atoms. The van der Waals surface area contributed by atoms with Crippen molar-refractivity contribution in [2.75, 3.05) is 12.3 Å². The minimum absolute atomic E-state index is 0.00450. The third-order valence-electron chi connectivity index (χ3n) is 3.31. The van der Waals surface area contributed by atoms with Crippen LogP contribution in [0.2, 0.25) is 0 Å². The van der Waals surface area contributed by atoms with E-state index in [0.717, 1.165) is 11.3 Å². The summed E-state index contributed by atoms with van der Waals surface area (Å²) in [6.07, 6.45) is 0. The Morgan fingerprint density at radius 3 is 2.70 bits per heavy atom. The number of thioether (sulfide) groups is 1. The third-order valence-corrected chi connectivity index (χ3v) is 4.57. The summed E-state index contributed by atoms with van der Waals surface area (Å²) >= 11 is 1.67. The van der Waals surface area contributed by atoms with Gasteiger partial charge in [0, 0.05) is 17.9 Å². The van der Waals surface area contributed by atoms with Crippen LogP contribution in [0.25, 0.3) is 0 Å². The predicted octanol–water partition coefficient (Wildman–Crippen LogP) is 3.71. The lowest BCUT2D eigenvalue weighted by Crippen LogP contribution is -2.30. The molecule has 1 amide bonds. The predicted molar refractivity (Wildman–Crippen MR) is 79.1 cm³/mol. The van der Waals surface area contributed by atoms with E-state index < -0.39 is 0 Å². The van der Waals surface area contributed by atoms with Gasteiger partial charge in [0.05, 0.1) is 0 Å². The van der Waals surface area contributed by atoms with Crippen molar-refractivity contribution in [3.8, 4) is 0 Å². The van der Waals surface area contributed by atoms with Crippen molar-refractivity contribution in [1.82, 2.24) is 4.90 Å². The molecule has 0 bridgehead atoms. The average Bonchev–Trinajstić information content (AvgIpc) is 2.97. The van der Waals surface area contributed by atoms with Crippen molar-refractivity contribution < 1.29 is 9.18 Å². The molecule has 2 aromatic rings. The molecule has 1 aliphatic heterocycles. The number of carbonyl (C=O) groups is 1. The van der Waals surface area contributed by atoms with Crippen LogP contribution in [0.5, 0.6) is 0 Å². The van der Waals surface area contributed by atoms with Gasteiger partial charge in [-0.15, -0.1) is 11.8 Å². The summed E-state index contributed by atoms with van der Waals surface area (Å²) < 4.78 is 13.4. The zero-order valence-corrected chi connectivity index (χ0v) is 11.6. The van der Waals surface area contributed by atoms with Crippen LogP contribution >= 0.6 is 11.8 Å². The van der Waals surface area contributed by atoms with Gasteiger partial charge in [0.15, 0.2) is 0 Å². The van der Waals surface area contributed by atoms with Crippen molar-refractivity contribution in [3.05, 3.63) is 71.5 Å². The summed E-state index contributed by atoms with van der Waals surface area (Å²) in [7, 11) is 0. The number of carbonyl (C=O) groups excluding carboxylic acids is 1. The van der Waals surface area contributed by atoms with Crippen LogP contribution in [0.4, 0.5) is 4.39 Å². The van der Waals surface area contributed by atoms with Gasteiger partial charge in [-0.3, -0.25) is 4.79 Å². The minimum Gasteiger partial charge on any atom is -0.322 e. The van der Waals surface area contributed by atoms with Gasteiger partial charge < -0.3 is 4.90 Å². The Hall–Kier alpha value is -1.81. The summed E-state index contributed by atoms with van der Waals surface area (Å²) in [5.41, 5.74) is 1.52. The van der Waals surface area contributed by atoms with E-state index in [1.165, 1.54) is 12.1 Å². The van der Waals surface area contributed by atoms with Gasteiger partial charge in [-0.2, -0.15) is 0 Å². The maximum Gasteiger partial charge on any atom is 0.255 e. The lowest BCUT2D eigenvalue weighted by atomic mass is 10.1. The Morgan fingerprint density at radius 1 is 1.15 bits per heavy atom. The fourth-order valence-corrected chi connectivity index (χ4v) is 3.61. The molecule has 102 valence electrons. The monoisotopic (exact) mass is 287 g/mol. The second kappa shape index (κ2) is 5.67. The molecule has 0 N–H and O–H groups in total. The summed E-state index contributed by atoms with van der Waals surface area (Å²) in [5.74, 6) is 0.617. The number of rotatable bonds is 2. The fourth-order valence-electron chi connectivity index (χ4n) is 2.36. The van der Waals surface area contributed by atoms with Gasteiger partial charge in [-0.1, -0.05) is 30.3 Å². The normalized spacial score (nSPS) is 18.2. The fraction of sp³-hybridized carbons (Fsp3) is 0.188. The second-order valence-electron chi connectivity index (χ2n) is 4.64. The van der Waals surface area contributed by atoms with Crippen molar-refractivity contribution in [1.29, 1.82) is 0 Å². The van der Waals surface area contributed by atoms with Gasteiger partial charge >= 0.3 is 0 Å². The topological polar surface area (TPSA) is 20.3 Å². The zero-order valence-electron chi connectivity index (χ0n) is 10.8. The average molecular weight is 287 g/mol. The van der Waals surface area contributed by atoms with Crippen LogP contribution in [0.3, 0.4) is 0 Å². The first-order chi connectivity index (χ1) is 9.75. The number of nitrogens with zero attached hydrogens (tertiary/aromatic N) is 1. The number of amides is 1. The third kappa shape index (κ3) is 2.56. The standard InChI is InChI=1S/C16H14FNOS/c17-14-8-4-7-13(11-14)16-18(9-10-20-16)15(19)12-5-2-1-3-6-12/h1-8,11,16H,9-10H2. The largest absolute Gasteiger partial charge is 0.322 e. The summed E-state index contributed by atoms with van der Waals surface area (Å²) in [6, 6.07) is 15.7. The highest BCUT2D eigenvalue weighted by Crippen LogP contribution is 2.38. The van der Waals surface area contributed by atoms with Crippen LogP contribution < -0.4 is 0 Å². The smallest absolute Gasteiger partial charge is 0.255 e. The molecular formula is C16H14FNOS. The number of halogens is 1. The van der Waals surface area contributed by atoms with Crippen LogP contribution in [0.15, 0.2) is 54.6 Å². The van der Waals surface area contributed by atoms with Gasteiger partial charge in [-0.05, 0) is 29.8 Å². The first-order valence-corrected chi connectivity index (χ1v) is 7.53. The molecule has 1 aliphatic rings. The molecule has 4 heteroatoms. The Kier molecular flexibility index (Phi) is 3.74. The molecular weight excluding hydrogens is 273 g/mol. The second-order valence-corrected chi connectivity index (χ2v) is 5.83. The number of hydrogen-bond acceptors (Lipinski definition) is 2. The Labute approximate surface area is 121 Å². The van der Waals surface area contributed by atoms with E-state index in [2.05, 4.69) is 0 Å². The van der Waals surface area contributed by atoms with Gasteiger partial charge in [0.2, 0.25) is 0 Å². The first kappa shape index (κ1) is 13.2. The minimum atomic E-state index is -0.262. The molecule has 1 atom stereocenters. The molecule has 0 saturated carbocycles. The van der Waals surface area contributed by atoms with Gasteiger partial charge in [0.25, 0.3) is 5.91 Å². The van der Waals surface area contributed by atoms with Crippen LogP contribution in [0.1, 0.15) is 21.3 Å². The molecule has 1 unspecified atom stereocenters. The van der Waals surface area contributed by atoms with E-state index in [1.807, 2.05) is 41.3 Å². The zero-order chi connectivity index (χ0) is 13.9. The summed E-state index contributed by atoms with van der Waals surface area (Å²) in [4.78, 5) is 14.3. The van der Waals surface area contributed by atoms with E-state index in [0.29, 0.717) is 12.1 Å². The number of benzene rings is 2. The van der Waals surface area contributed by atoms with Crippen LogP contribution in [0, 0.1) is 5.82 Å². The van der Waals surface area contributed by atoms with E-state index >= 15 is 0 Å². The molecule has 0 radical (unpaired) electrons. The van der Waals surface area contributed by atoms with Crippen LogP contribution in [-0.2, 0) is 0 Å². The van der Waals surface area contributed by atoms with Crippen molar-refractivity contribution in [3.63, 3.8) is 0 Å². The maximum absolute atomic E-state index is 13.4. The summed E-state index contributed by atoms with van der Waals surface area (Å²) in [6.45, 7) is 0.694. The van der Waals surface area contributed by atoms with Gasteiger partial charge in [-0.25, -0.2) is 4.39 Å². The molecule has 1 saturated heterocycles. The first-order valence-electron chi connectivity index (χ1n) is 6.49. The molecule has 20 heavy (non-hydrogen) atoms. The molecule has 0 aromatic heterocycles. The Balaban J connectivity index is 1.88. The Morgan fingerprint density at radius 2 is 1.95 bits per heavy atom. The molecule has 2 aromatic carbocycles. The SMILES string of the molecule is O=C(c1ccccc1)N1CCSC1c1cccc(F)c1. The highest BCUT2D eigenvalue weighted by Gasteiger charge is 2.31. The van der Waals surface area contributed by atoms with E-state index in [-0.39, 0.29) is 17.1 Å². The molecule has 1 fully saturated rings. The van der Waals surface area contributed by atoms with Crippen molar-refractivity contribution in [2.45, 2.75) is 5.37 Å². The highest BCUT2D eigenvalue weighted by atomic mass is 32.2. The molecule has 0 aliphatic carbocycles. The van der Waals surface area contributed by atoms with E-state index in [1.54, 1.807) is 17.8 Å². The van der Waals surface area contributed by atoms with Crippen molar-refractivity contribution in [2.24, 2.45) is 0 Å². The summed E-state index contributed by atoms with van der Waals surface area (Å²) in [5, 5.41) is -0.0987. The van der Waals surface area contributed by atoms with Crippen LogP contribution in [-0.4, -0.2) is 23.1 Å². The van der Waals surface area contributed by atoms with E-state index in [9.17, 15) is 9.18 Å². The van der Waals surface area contributed by atoms with E-state index in [4.69, 9.17) is 0 Å². The highest BCUT2D eigenvalue weighted by molar-refractivity contribution is 7.99. The molecule has 2 nitrogen and oxygen atoms in total.